The van der Waals surface area contributed by atoms with Gasteiger partial charge < -0.3 is 20.4 Å². The Morgan fingerprint density at radius 1 is 1.20 bits per heavy atom. The molecule has 0 radical (unpaired) electrons. The summed E-state index contributed by atoms with van der Waals surface area (Å²) < 4.78 is 0. The number of ketones is 1. The van der Waals surface area contributed by atoms with E-state index in [-0.39, 0.29) is 12.3 Å². The molecule has 0 fully saturated rings. The summed E-state index contributed by atoms with van der Waals surface area (Å²) in [5.41, 5.74) is -0.425. The molecule has 30 heavy (non-hydrogen) atoms. The Morgan fingerprint density at radius 2 is 1.90 bits per heavy atom. The molecule has 0 aliphatic carbocycles. The van der Waals surface area contributed by atoms with Gasteiger partial charge in [0.25, 0.3) is 5.91 Å². The maximum absolute atomic E-state index is 13.1. The second-order valence-electron chi connectivity index (χ2n) is 7.58. The van der Waals surface area contributed by atoms with E-state index in [0.717, 1.165) is 17.7 Å². The summed E-state index contributed by atoms with van der Waals surface area (Å²) >= 11 is 0. The minimum atomic E-state index is -2.07. The molecule has 0 bridgehead atoms. The molecule has 3 atom stereocenters. The van der Waals surface area contributed by atoms with Crippen LogP contribution in [0.4, 0.5) is 0 Å². The number of hydrogen-bond acceptors (Lipinski definition) is 7. The predicted octanol–water partition coefficient (Wildman–Crippen LogP) is 1.27. The van der Waals surface area contributed by atoms with Crippen LogP contribution in [0.3, 0.4) is 0 Å². The van der Waals surface area contributed by atoms with Crippen LogP contribution in [0.2, 0.25) is 0 Å². The van der Waals surface area contributed by atoms with E-state index in [0.29, 0.717) is 11.4 Å². The number of amides is 1. The topological polar surface area (TPSA) is 138 Å². The zero-order valence-electron chi connectivity index (χ0n) is 16.8. The number of aliphatic hydroxyl groups excluding tert-OH is 1. The fraction of sp³-hybridized carbons (Fsp3) is 0.381. The maximum atomic E-state index is 13.1. The van der Waals surface area contributed by atoms with Crippen molar-refractivity contribution >= 4 is 34.1 Å². The van der Waals surface area contributed by atoms with Crippen molar-refractivity contribution in [2.24, 2.45) is 11.1 Å². The van der Waals surface area contributed by atoms with Crippen LogP contribution >= 0.6 is 0 Å². The van der Waals surface area contributed by atoms with Crippen LogP contribution in [-0.2, 0) is 19.2 Å². The zero-order chi connectivity index (χ0) is 22.1. The zero-order valence-corrected chi connectivity index (χ0v) is 16.8. The lowest BCUT2D eigenvalue weighted by atomic mass is 9.83. The first-order chi connectivity index (χ1) is 14.2. The lowest BCUT2D eigenvalue weighted by molar-refractivity contribution is -0.157. The Bertz CT molecular complexity index is 1030. The minimum absolute atomic E-state index is 0.0747. The molecule has 0 saturated carbocycles. The molecule has 158 valence electrons. The van der Waals surface area contributed by atoms with Gasteiger partial charge in [-0.15, -0.1) is 0 Å². The average Bonchev–Trinajstić information content (AvgIpc) is 3.17. The highest BCUT2D eigenvalue weighted by molar-refractivity contribution is 6.12. The quantitative estimate of drug-likeness (QED) is 0.621. The number of carboxylic acid groups (broad SMARTS) is 1. The minimum Gasteiger partial charge on any atom is -0.479 e. The van der Waals surface area contributed by atoms with Crippen LogP contribution in [0.1, 0.15) is 32.9 Å². The fourth-order valence-electron chi connectivity index (χ4n) is 3.43. The van der Waals surface area contributed by atoms with Gasteiger partial charge in [-0.1, -0.05) is 43.3 Å². The lowest BCUT2D eigenvalue weighted by Gasteiger charge is -2.31. The van der Waals surface area contributed by atoms with Gasteiger partial charge in [0, 0.05) is 23.9 Å². The first-order valence-corrected chi connectivity index (χ1v) is 9.49. The van der Waals surface area contributed by atoms with Crippen molar-refractivity contribution in [2.45, 2.75) is 44.9 Å². The number of aliphatic carboxylic acids is 1. The number of carboxylic acids is 1. The molecule has 1 aliphatic rings. The standard InChI is InChI=1S/C21H23N3O6/c1-11(2)21(20(29)23-16(12(3)25)18(26)19(27)28)10-15(24-30-21)17-14-7-5-4-6-13(14)8-9-22-17/h4-9,11,16,18,26H,10H2,1-3H3,(H,23,29)(H,27,28)/t16?,18?,21-/m1/s1. The molecule has 1 aromatic heterocycles. The van der Waals surface area contributed by atoms with Gasteiger partial charge in [0.15, 0.2) is 11.9 Å². The number of benzene rings is 1. The van der Waals surface area contributed by atoms with Gasteiger partial charge in [0.2, 0.25) is 5.60 Å². The van der Waals surface area contributed by atoms with Gasteiger partial charge in [-0.2, -0.15) is 0 Å². The van der Waals surface area contributed by atoms with Crippen molar-refractivity contribution in [1.82, 2.24) is 10.3 Å². The summed E-state index contributed by atoms with van der Waals surface area (Å²) in [4.78, 5) is 46.0. The van der Waals surface area contributed by atoms with Gasteiger partial charge in [-0.05, 0) is 18.4 Å². The van der Waals surface area contributed by atoms with E-state index in [1.165, 1.54) is 0 Å². The summed E-state index contributed by atoms with van der Waals surface area (Å²) in [5, 5.41) is 27.1. The van der Waals surface area contributed by atoms with E-state index < -0.39 is 35.4 Å². The third kappa shape index (κ3) is 3.76. The Balaban J connectivity index is 1.90. The molecule has 1 aromatic carbocycles. The second kappa shape index (κ2) is 8.19. The fourth-order valence-corrected chi connectivity index (χ4v) is 3.43. The lowest BCUT2D eigenvalue weighted by Crippen LogP contribution is -2.59. The molecule has 0 saturated heterocycles. The van der Waals surface area contributed by atoms with Crippen molar-refractivity contribution in [2.75, 3.05) is 0 Å². The number of carbonyl (C=O) groups excluding carboxylic acids is 2. The number of aromatic nitrogens is 1. The summed E-state index contributed by atoms with van der Waals surface area (Å²) in [6.45, 7) is 4.60. The van der Waals surface area contributed by atoms with Crippen molar-refractivity contribution in [3.05, 3.63) is 42.2 Å². The number of nitrogens with one attached hydrogen (secondary N) is 1. The molecule has 0 spiro atoms. The van der Waals surface area contributed by atoms with Crippen LogP contribution in [0.5, 0.6) is 0 Å². The van der Waals surface area contributed by atoms with Gasteiger partial charge in [0.1, 0.15) is 11.8 Å². The molecule has 2 heterocycles. The van der Waals surface area contributed by atoms with Gasteiger partial charge in [-0.25, -0.2) is 4.79 Å². The SMILES string of the molecule is CC(=O)C(NC(=O)[C@]1(C(C)C)CC(c2nccc3ccccc23)=NO1)C(O)C(=O)O. The number of hydrogen-bond donors (Lipinski definition) is 3. The normalized spacial score (nSPS) is 20.4. The molecular formula is C21H23N3O6. The van der Waals surface area contributed by atoms with E-state index >= 15 is 0 Å². The van der Waals surface area contributed by atoms with Crippen molar-refractivity contribution in [3.63, 3.8) is 0 Å². The van der Waals surface area contributed by atoms with E-state index in [1.807, 2.05) is 30.3 Å². The van der Waals surface area contributed by atoms with Crippen LogP contribution in [-0.4, -0.2) is 56.3 Å². The third-order valence-corrected chi connectivity index (χ3v) is 5.31. The second-order valence-corrected chi connectivity index (χ2v) is 7.58. The summed E-state index contributed by atoms with van der Waals surface area (Å²) in [5.74, 6) is -3.40. The van der Waals surface area contributed by atoms with E-state index in [4.69, 9.17) is 9.94 Å². The number of rotatable bonds is 7. The average molecular weight is 413 g/mol. The highest BCUT2D eigenvalue weighted by Crippen LogP contribution is 2.35. The van der Waals surface area contributed by atoms with Gasteiger partial charge >= 0.3 is 5.97 Å². The molecule has 1 aliphatic heterocycles. The molecule has 9 heteroatoms. The van der Waals surface area contributed by atoms with E-state index in [9.17, 15) is 19.5 Å². The van der Waals surface area contributed by atoms with Crippen LogP contribution in [0, 0.1) is 5.92 Å². The number of Topliss-reactive ketones (excluding diaryl/α,β-unsaturated/α-hetero) is 1. The summed E-state index contributed by atoms with van der Waals surface area (Å²) in [7, 11) is 0. The Kier molecular flexibility index (Phi) is 5.84. The number of fused-ring (bicyclic) bond motifs is 1. The number of carbonyl (C=O) groups is 3. The van der Waals surface area contributed by atoms with Gasteiger partial charge in [0.05, 0.1) is 5.69 Å². The van der Waals surface area contributed by atoms with Crippen LogP contribution in [0.25, 0.3) is 10.8 Å². The number of nitrogens with zero attached hydrogens (tertiary/aromatic N) is 2. The summed E-state index contributed by atoms with van der Waals surface area (Å²) in [6.07, 6.45) is -0.354. The first kappa shape index (κ1) is 21.4. The Morgan fingerprint density at radius 3 is 2.53 bits per heavy atom. The predicted molar refractivity (Wildman–Crippen MR) is 108 cm³/mol. The van der Waals surface area contributed by atoms with Crippen molar-refractivity contribution in [1.29, 1.82) is 0 Å². The number of oxime groups is 1. The largest absolute Gasteiger partial charge is 0.479 e. The van der Waals surface area contributed by atoms with Crippen LogP contribution < -0.4 is 5.32 Å². The van der Waals surface area contributed by atoms with E-state index in [1.54, 1.807) is 20.0 Å². The van der Waals surface area contributed by atoms with Gasteiger partial charge in [-0.3, -0.25) is 14.6 Å². The monoisotopic (exact) mass is 413 g/mol. The summed E-state index contributed by atoms with van der Waals surface area (Å²) in [6, 6.07) is 7.86. The molecule has 3 N–H and O–H groups in total. The molecule has 2 aromatic rings. The smallest absolute Gasteiger partial charge is 0.335 e. The molecule has 1 amide bonds. The highest BCUT2D eigenvalue weighted by Gasteiger charge is 2.51. The number of pyridine rings is 1. The van der Waals surface area contributed by atoms with Crippen LogP contribution in [0.15, 0.2) is 41.7 Å². The van der Waals surface area contributed by atoms with Crippen molar-refractivity contribution < 1.29 is 29.4 Å². The Labute approximate surface area is 172 Å². The molecule has 9 nitrogen and oxygen atoms in total. The van der Waals surface area contributed by atoms with Crippen molar-refractivity contribution in [3.8, 4) is 0 Å². The van der Waals surface area contributed by atoms with E-state index in [2.05, 4.69) is 15.5 Å². The molecule has 2 unspecified atom stereocenters. The molecular weight excluding hydrogens is 390 g/mol. The third-order valence-electron chi connectivity index (χ3n) is 5.31. The highest BCUT2D eigenvalue weighted by atomic mass is 16.7. The first-order valence-electron chi connectivity index (χ1n) is 9.49. The maximum Gasteiger partial charge on any atom is 0.335 e. The Hall–Kier alpha value is -3.33. The number of aliphatic hydroxyl groups is 1. The molecule has 3 rings (SSSR count).